The Balaban J connectivity index is 2.42. The van der Waals surface area contributed by atoms with Gasteiger partial charge in [0, 0.05) is 12.5 Å². The minimum absolute atomic E-state index is 0.184. The Morgan fingerprint density at radius 3 is 2.35 bits per heavy atom. The molecule has 0 heterocycles. The number of benzene rings is 2. The van der Waals surface area contributed by atoms with E-state index in [1.165, 1.54) is 10.8 Å². The summed E-state index contributed by atoms with van der Waals surface area (Å²) in [6, 6.07) is 14.6. The molecule has 0 radical (unpaired) electrons. The van der Waals surface area contributed by atoms with Crippen LogP contribution >= 0.6 is 0 Å². The summed E-state index contributed by atoms with van der Waals surface area (Å²) in [5, 5.41) is 13.5. The van der Waals surface area contributed by atoms with Crippen LogP contribution in [-0.2, 0) is 5.60 Å². The van der Waals surface area contributed by atoms with Crippen LogP contribution < -0.4 is 0 Å². The highest BCUT2D eigenvalue weighted by atomic mass is 16.3. The van der Waals surface area contributed by atoms with Crippen molar-refractivity contribution in [1.29, 1.82) is 0 Å². The Hall–Kier alpha value is -1.38. The zero-order valence-electron chi connectivity index (χ0n) is 12.9. The fourth-order valence-electron chi connectivity index (χ4n) is 2.99. The maximum Gasteiger partial charge on any atom is 0.0931 e. The first-order valence-corrected chi connectivity index (χ1v) is 7.33. The van der Waals surface area contributed by atoms with E-state index < -0.39 is 5.60 Å². The van der Waals surface area contributed by atoms with Crippen LogP contribution in [0.5, 0.6) is 0 Å². The Morgan fingerprint density at radius 2 is 1.75 bits per heavy atom. The molecular weight excluding hydrogens is 246 g/mol. The van der Waals surface area contributed by atoms with Crippen LogP contribution in [0.3, 0.4) is 0 Å². The molecule has 0 saturated carbocycles. The van der Waals surface area contributed by atoms with E-state index in [1.54, 1.807) is 0 Å². The fourth-order valence-corrected chi connectivity index (χ4v) is 2.99. The quantitative estimate of drug-likeness (QED) is 0.897. The molecule has 0 aromatic heterocycles. The largest absolute Gasteiger partial charge is 0.385 e. The number of fused-ring (bicyclic) bond motifs is 1. The van der Waals surface area contributed by atoms with Gasteiger partial charge in [-0.1, -0.05) is 50.2 Å². The summed E-state index contributed by atoms with van der Waals surface area (Å²) in [5.74, 6) is 0.184. The highest BCUT2D eigenvalue weighted by molar-refractivity contribution is 5.83. The molecule has 1 N–H and O–H groups in total. The van der Waals surface area contributed by atoms with E-state index in [0.717, 1.165) is 18.5 Å². The molecule has 0 saturated heterocycles. The molecule has 0 unspecified atom stereocenters. The summed E-state index contributed by atoms with van der Waals surface area (Å²) < 4.78 is 0. The summed E-state index contributed by atoms with van der Waals surface area (Å²) in [4.78, 5) is 2.13. The van der Waals surface area contributed by atoms with Crippen LogP contribution in [0.4, 0.5) is 0 Å². The lowest BCUT2D eigenvalue weighted by Crippen LogP contribution is -2.38. The maximum atomic E-state index is 11.1. The number of rotatable bonds is 5. The minimum atomic E-state index is -0.770. The second-order valence-corrected chi connectivity index (χ2v) is 6.00. The van der Waals surface area contributed by atoms with Gasteiger partial charge in [0.1, 0.15) is 0 Å². The third kappa shape index (κ3) is 2.87. The maximum absolute atomic E-state index is 11.1. The van der Waals surface area contributed by atoms with E-state index in [2.05, 4.69) is 49.1 Å². The van der Waals surface area contributed by atoms with Gasteiger partial charge < -0.3 is 10.0 Å². The molecule has 2 nitrogen and oxygen atoms in total. The van der Waals surface area contributed by atoms with Crippen LogP contribution in [0.1, 0.15) is 25.8 Å². The van der Waals surface area contributed by atoms with Gasteiger partial charge in [0.15, 0.2) is 0 Å². The Kier molecular flexibility index (Phi) is 4.46. The van der Waals surface area contributed by atoms with Crippen LogP contribution in [0.25, 0.3) is 10.8 Å². The van der Waals surface area contributed by atoms with Crippen molar-refractivity contribution in [3.63, 3.8) is 0 Å². The van der Waals surface area contributed by atoms with Gasteiger partial charge in [0.25, 0.3) is 0 Å². The zero-order valence-corrected chi connectivity index (χ0v) is 12.9. The number of nitrogens with zero attached hydrogens (tertiary/aromatic N) is 1. The second-order valence-electron chi connectivity index (χ2n) is 6.00. The summed E-state index contributed by atoms with van der Waals surface area (Å²) in [6.07, 6.45) is 0.723. The van der Waals surface area contributed by atoms with Gasteiger partial charge in [-0.2, -0.15) is 0 Å². The molecular formula is C18H25NO. The van der Waals surface area contributed by atoms with Crippen molar-refractivity contribution in [2.75, 3.05) is 20.6 Å². The summed E-state index contributed by atoms with van der Waals surface area (Å²) in [6.45, 7) is 5.05. The average molecular weight is 271 g/mol. The van der Waals surface area contributed by atoms with E-state index in [9.17, 15) is 5.11 Å². The molecule has 2 rings (SSSR count). The summed E-state index contributed by atoms with van der Waals surface area (Å²) >= 11 is 0. The van der Waals surface area contributed by atoms with Crippen molar-refractivity contribution in [1.82, 2.24) is 4.90 Å². The van der Waals surface area contributed by atoms with Gasteiger partial charge in [-0.25, -0.2) is 0 Å². The van der Waals surface area contributed by atoms with E-state index in [-0.39, 0.29) is 5.92 Å². The van der Waals surface area contributed by atoms with Crippen molar-refractivity contribution in [3.8, 4) is 0 Å². The van der Waals surface area contributed by atoms with Gasteiger partial charge in [-0.3, -0.25) is 0 Å². The standard InChI is InChI=1S/C18H25NO/c1-5-18(20,14(2)13-19(3)4)17-11-10-15-8-6-7-9-16(15)12-17/h6-12,14,20H,5,13H2,1-4H3/t14-,18-/m1/s1. The van der Waals surface area contributed by atoms with Gasteiger partial charge >= 0.3 is 0 Å². The lowest BCUT2D eigenvalue weighted by molar-refractivity contribution is -0.0290. The molecule has 2 heteroatoms. The van der Waals surface area contributed by atoms with E-state index in [0.29, 0.717) is 0 Å². The van der Waals surface area contributed by atoms with Crippen molar-refractivity contribution in [2.24, 2.45) is 5.92 Å². The van der Waals surface area contributed by atoms with Crippen molar-refractivity contribution in [2.45, 2.75) is 25.9 Å². The van der Waals surface area contributed by atoms with Crippen LogP contribution in [0.15, 0.2) is 42.5 Å². The van der Waals surface area contributed by atoms with E-state index in [4.69, 9.17) is 0 Å². The first-order valence-electron chi connectivity index (χ1n) is 7.33. The predicted molar refractivity (Wildman–Crippen MR) is 85.9 cm³/mol. The molecule has 0 bridgehead atoms. The molecule has 0 fully saturated rings. The normalized spacial score (nSPS) is 16.3. The number of hydrogen-bond donors (Lipinski definition) is 1. The highest BCUT2D eigenvalue weighted by Crippen LogP contribution is 2.34. The summed E-state index contributed by atoms with van der Waals surface area (Å²) in [5.41, 5.74) is 0.252. The van der Waals surface area contributed by atoms with Crippen molar-refractivity contribution in [3.05, 3.63) is 48.0 Å². The van der Waals surface area contributed by atoms with Crippen LogP contribution in [-0.4, -0.2) is 30.6 Å². The Labute approximate surface area is 122 Å². The SMILES string of the molecule is CC[C@](O)(c1ccc2ccccc2c1)[C@H](C)CN(C)C. The van der Waals surface area contributed by atoms with Gasteiger partial charge in [0.2, 0.25) is 0 Å². The van der Waals surface area contributed by atoms with Gasteiger partial charge in [-0.05, 0) is 42.9 Å². The average Bonchev–Trinajstić information content (AvgIpc) is 2.45. The van der Waals surface area contributed by atoms with Crippen LogP contribution in [0.2, 0.25) is 0 Å². The Morgan fingerprint density at radius 1 is 1.10 bits per heavy atom. The second kappa shape index (κ2) is 5.94. The molecule has 0 spiro atoms. The molecule has 0 aliphatic carbocycles. The van der Waals surface area contributed by atoms with Crippen molar-refractivity contribution >= 4 is 10.8 Å². The summed E-state index contributed by atoms with van der Waals surface area (Å²) in [7, 11) is 4.10. The predicted octanol–water partition coefficient (Wildman–Crippen LogP) is 3.64. The molecule has 0 amide bonds. The minimum Gasteiger partial charge on any atom is -0.385 e. The first-order chi connectivity index (χ1) is 9.47. The smallest absolute Gasteiger partial charge is 0.0931 e. The monoisotopic (exact) mass is 271 g/mol. The number of hydrogen-bond acceptors (Lipinski definition) is 2. The third-order valence-electron chi connectivity index (χ3n) is 4.24. The molecule has 108 valence electrons. The number of aliphatic hydroxyl groups is 1. The molecule has 2 aromatic carbocycles. The zero-order chi connectivity index (χ0) is 14.8. The van der Waals surface area contributed by atoms with E-state index in [1.807, 2.05) is 26.2 Å². The fraction of sp³-hybridized carbons (Fsp3) is 0.444. The highest BCUT2D eigenvalue weighted by Gasteiger charge is 2.34. The van der Waals surface area contributed by atoms with Gasteiger partial charge in [0.05, 0.1) is 5.60 Å². The van der Waals surface area contributed by atoms with E-state index >= 15 is 0 Å². The molecule has 2 atom stereocenters. The van der Waals surface area contributed by atoms with Crippen LogP contribution in [0, 0.1) is 5.92 Å². The van der Waals surface area contributed by atoms with Crippen molar-refractivity contribution < 1.29 is 5.11 Å². The first kappa shape index (κ1) is 15.0. The lowest BCUT2D eigenvalue weighted by Gasteiger charge is -2.35. The topological polar surface area (TPSA) is 23.5 Å². The molecule has 2 aromatic rings. The van der Waals surface area contributed by atoms with Gasteiger partial charge in [-0.15, -0.1) is 0 Å². The Bertz CT molecular complexity index is 578. The molecule has 20 heavy (non-hydrogen) atoms. The third-order valence-corrected chi connectivity index (χ3v) is 4.24. The molecule has 0 aliphatic heterocycles. The molecule has 0 aliphatic rings. The lowest BCUT2D eigenvalue weighted by atomic mass is 9.79.